The fourth-order valence-electron chi connectivity index (χ4n) is 3.97. The zero-order valence-electron chi connectivity index (χ0n) is 21.2. The molecule has 0 saturated heterocycles. The average molecular weight is 509 g/mol. The van der Waals surface area contributed by atoms with E-state index in [0.29, 0.717) is 16.9 Å². The van der Waals surface area contributed by atoms with Crippen molar-refractivity contribution in [2.45, 2.75) is 26.0 Å². The number of nitrogens with zero attached hydrogens (tertiary/aromatic N) is 2. The minimum Gasteiger partial charge on any atom is -0.463 e. The van der Waals surface area contributed by atoms with Gasteiger partial charge in [0.05, 0.1) is 23.6 Å². The molecule has 1 aromatic heterocycles. The molecular weight excluding hydrogens is 480 g/mol. The summed E-state index contributed by atoms with van der Waals surface area (Å²) in [5, 5.41) is 7.24. The van der Waals surface area contributed by atoms with Crippen LogP contribution in [0.1, 0.15) is 29.3 Å². The molecule has 4 aromatic rings. The van der Waals surface area contributed by atoms with E-state index in [0.717, 1.165) is 5.56 Å². The van der Waals surface area contributed by atoms with E-state index in [1.807, 2.05) is 78.9 Å². The Morgan fingerprint density at radius 1 is 0.947 bits per heavy atom. The number of anilines is 1. The first kappa shape index (κ1) is 26.0. The van der Waals surface area contributed by atoms with Crippen LogP contribution in [0.2, 0.25) is 0 Å². The van der Waals surface area contributed by atoms with E-state index in [1.165, 1.54) is 4.68 Å². The number of aromatic nitrogens is 2. The quantitative estimate of drug-likeness (QED) is 0.281. The second-order valence-electron chi connectivity index (χ2n) is 8.37. The lowest BCUT2D eigenvalue weighted by atomic mass is 9.89. The second-order valence-corrected chi connectivity index (χ2v) is 8.37. The molecule has 0 unspecified atom stereocenters. The number of nitrogens with two attached hydrogens (primary N) is 1. The Hall–Kier alpha value is -5.03. The van der Waals surface area contributed by atoms with Crippen LogP contribution in [-0.2, 0) is 26.4 Å². The van der Waals surface area contributed by atoms with Crippen LogP contribution in [0.25, 0.3) is 5.69 Å². The summed E-state index contributed by atoms with van der Waals surface area (Å²) < 4.78 is 12.4. The summed E-state index contributed by atoms with van der Waals surface area (Å²) in [6.45, 7) is 3.42. The lowest BCUT2D eigenvalue weighted by Gasteiger charge is -2.27. The molecule has 0 fully saturated rings. The maximum atomic E-state index is 13.7. The number of para-hydroxylation sites is 1. The molecule has 0 saturated carbocycles. The maximum Gasteiger partial charge on any atom is 0.409 e. The van der Waals surface area contributed by atoms with Crippen LogP contribution >= 0.6 is 0 Å². The monoisotopic (exact) mass is 508 g/mol. The number of aryl methyl sites for hydroxylation is 1. The van der Waals surface area contributed by atoms with Crippen LogP contribution in [0.4, 0.5) is 10.6 Å². The molecule has 0 aliphatic heterocycles. The summed E-state index contributed by atoms with van der Waals surface area (Å²) in [5.74, 6) is 5.28. The Labute approximate surface area is 221 Å². The normalized spacial score (nSPS) is 11.9. The molecule has 0 radical (unpaired) electrons. The number of rotatable bonds is 7. The van der Waals surface area contributed by atoms with Gasteiger partial charge >= 0.3 is 12.1 Å². The Bertz CT molecular complexity index is 1460. The number of carbonyl (C=O) groups excluding carboxylic acids is 2. The summed E-state index contributed by atoms with van der Waals surface area (Å²) in [5.41, 5.74) is 7.30. The van der Waals surface area contributed by atoms with Crippen LogP contribution in [0, 0.1) is 18.8 Å². The van der Waals surface area contributed by atoms with Crippen molar-refractivity contribution in [3.8, 4) is 17.5 Å². The number of amides is 1. The Kier molecular flexibility index (Phi) is 8.09. The minimum atomic E-state index is -2.00. The molecule has 0 aliphatic carbocycles. The smallest absolute Gasteiger partial charge is 0.409 e. The third kappa shape index (κ3) is 5.68. The van der Waals surface area contributed by atoms with Crippen LogP contribution in [0.15, 0.2) is 91.0 Å². The zero-order chi connectivity index (χ0) is 27.0. The lowest BCUT2D eigenvalue weighted by Crippen LogP contribution is -2.52. The molecule has 1 amide bonds. The first-order valence-electron chi connectivity index (χ1n) is 12.1. The lowest BCUT2D eigenvalue weighted by molar-refractivity contribution is -0.148. The highest BCUT2D eigenvalue weighted by molar-refractivity contribution is 5.93. The largest absolute Gasteiger partial charge is 0.463 e. The molecule has 8 heteroatoms. The molecular formula is C30H28N4O4. The van der Waals surface area contributed by atoms with Crippen molar-refractivity contribution in [3.63, 3.8) is 0 Å². The van der Waals surface area contributed by atoms with Crippen molar-refractivity contribution in [2.75, 3.05) is 12.3 Å². The highest BCUT2D eigenvalue weighted by Crippen LogP contribution is 2.33. The number of hydrogen-bond donors (Lipinski definition) is 2. The van der Waals surface area contributed by atoms with Crippen molar-refractivity contribution < 1.29 is 19.1 Å². The van der Waals surface area contributed by atoms with Gasteiger partial charge in [-0.15, -0.1) is 0 Å². The number of nitrogens with one attached hydrogen (secondary N) is 1. The molecule has 192 valence electrons. The van der Waals surface area contributed by atoms with Crippen LogP contribution < -0.4 is 11.1 Å². The van der Waals surface area contributed by atoms with Gasteiger partial charge in [-0.2, -0.15) is 5.10 Å². The maximum absolute atomic E-state index is 13.7. The van der Waals surface area contributed by atoms with Gasteiger partial charge in [0.15, 0.2) is 0 Å². The zero-order valence-corrected chi connectivity index (χ0v) is 21.2. The number of nitrogen functional groups attached to an aromatic ring is 1. The second kappa shape index (κ2) is 11.8. The van der Waals surface area contributed by atoms with Crippen LogP contribution in [0.5, 0.6) is 0 Å². The van der Waals surface area contributed by atoms with E-state index < -0.39 is 17.6 Å². The Balaban J connectivity index is 1.84. The van der Waals surface area contributed by atoms with E-state index in [4.69, 9.17) is 15.2 Å². The van der Waals surface area contributed by atoms with E-state index >= 15 is 0 Å². The van der Waals surface area contributed by atoms with Crippen molar-refractivity contribution >= 4 is 17.9 Å². The third-order valence-electron chi connectivity index (χ3n) is 5.72. The highest BCUT2D eigenvalue weighted by atomic mass is 16.6. The summed E-state index contributed by atoms with van der Waals surface area (Å²) in [4.78, 5) is 26.8. The van der Waals surface area contributed by atoms with Gasteiger partial charge < -0.3 is 15.2 Å². The van der Waals surface area contributed by atoms with E-state index in [-0.39, 0.29) is 24.6 Å². The van der Waals surface area contributed by atoms with Crippen LogP contribution in [-0.4, -0.2) is 28.4 Å². The summed E-state index contributed by atoms with van der Waals surface area (Å²) >= 11 is 0. The van der Waals surface area contributed by atoms with E-state index in [9.17, 15) is 9.59 Å². The third-order valence-corrected chi connectivity index (χ3v) is 5.72. The van der Waals surface area contributed by atoms with Gasteiger partial charge in [0, 0.05) is 5.56 Å². The molecule has 8 nitrogen and oxygen atoms in total. The number of ether oxygens (including phenoxy) is 2. The summed E-state index contributed by atoms with van der Waals surface area (Å²) in [6.07, 6.45) is -0.865. The fraction of sp³-hybridized carbons (Fsp3) is 0.167. The Morgan fingerprint density at radius 3 is 2.18 bits per heavy atom. The molecule has 0 spiro atoms. The first-order chi connectivity index (χ1) is 18.4. The van der Waals surface area contributed by atoms with Gasteiger partial charge in [0.2, 0.25) is 5.54 Å². The van der Waals surface area contributed by atoms with Crippen molar-refractivity contribution in [1.82, 2.24) is 15.1 Å². The number of carbonyl (C=O) groups is 2. The molecule has 1 heterocycles. The van der Waals surface area contributed by atoms with Gasteiger partial charge in [-0.25, -0.2) is 14.3 Å². The molecule has 1 atom stereocenters. The molecule has 4 rings (SSSR count). The van der Waals surface area contributed by atoms with Gasteiger partial charge in [0.1, 0.15) is 12.4 Å². The number of hydrogen-bond acceptors (Lipinski definition) is 6. The van der Waals surface area contributed by atoms with Crippen LogP contribution in [0.3, 0.4) is 0 Å². The molecule has 3 aromatic carbocycles. The standard InChI is InChI=1S/C30H28N4O4/c1-3-37-28(35)30(20-19-23-13-7-4-8-14-23,32-29(36)38-21-24-15-9-5-10-16-24)26-22(2)33-34(27(26)31)25-17-11-6-12-18-25/h4-18H,3,21,31H2,1-2H3,(H,32,36)/t30-/m0/s1. The average Bonchev–Trinajstić information content (AvgIpc) is 3.25. The van der Waals surface area contributed by atoms with E-state index in [2.05, 4.69) is 22.3 Å². The Morgan fingerprint density at radius 2 is 1.55 bits per heavy atom. The summed E-state index contributed by atoms with van der Waals surface area (Å²) in [6, 6.07) is 27.5. The predicted octanol–water partition coefficient (Wildman–Crippen LogP) is 4.50. The molecule has 38 heavy (non-hydrogen) atoms. The van der Waals surface area contributed by atoms with Gasteiger partial charge in [-0.1, -0.05) is 78.6 Å². The predicted molar refractivity (Wildman–Crippen MR) is 144 cm³/mol. The van der Waals surface area contributed by atoms with Gasteiger partial charge in [0.25, 0.3) is 0 Å². The van der Waals surface area contributed by atoms with Crippen molar-refractivity contribution in [3.05, 3.63) is 113 Å². The number of benzene rings is 3. The van der Waals surface area contributed by atoms with Gasteiger partial charge in [-0.3, -0.25) is 5.32 Å². The number of esters is 1. The van der Waals surface area contributed by atoms with E-state index in [1.54, 1.807) is 26.0 Å². The SMILES string of the molecule is CCOC(=O)[C@@](C#Cc1ccccc1)(NC(=O)OCc1ccccc1)c1c(C)nn(-c2ccccc2)c1N. The topological polar surface area (TPSA) is 108 Å². The molecule has 0 aliphatic rings. The molecule has 0 bridgehead atoms. The highest BCUT2D eigenvalue weighted by Gasteiger charge is 2.47. The van der Waals surface area contributed by atoms with Crippen molar-refractivity contribution in [1.29, 1.82) is 0 Å². The van der Waals surface area contributed by atoms with Gasteiger partial charge in [-0.05, 0) is 43.7 Å². The van der Waals surface area contributed by atoms with Crippen molar-refractivity contribution in [2.24, 2.45) is 0 Å². The minimum absolute atomic E-state index is 0.00453. The molecule has 3 N–H and O–H groups in total. The first-order valence-corrected chi connectivity index (χ1v) is 12.1. The number of alkyl carbamates (subject to hydrolysis) is 1. The summed E-state index contributed by atoms with van der Waals surface area (Å²) in [7, 11) is 0. The fourth-order valence-corrected chi connectivity index (χ4v) is 3.97.